The standard InChI is InChI=1S/C15H20F3N3OS/c1-23-9-6-13(14(22)21-8-3-7-19-21)20-12-5-2-4-11(10-12)15(16,17)18/h2,4-5,10,13,19-20H,3,6-9H2,1H3. The van der Waals surface area contributed by atoms with Gasteiger partial charge in [-0.2, -0.15) is 24.9 Å². The van der Waals surface area contributed by atoms with E-state index in [1.807, 2.05) is 6.26 Å². The Labute approximate surface area is 137 Å². The lowest BCUT2D eigenvalue weighted by atomic mass is 10.1. The zero-order chi connectivity index (χ0) is 16.9. The maximum absolute atomic E-state index is 12.8. The van der Waals surface area contributed by atoms with Gasteiger partial charge in [0.1, 0.15) is 6.04 Å². The Hall–Kier alpha value is -1.41. The number of halogens is 3. The monoisotopic (exact) mass is 347 g/mol. The van der Waals surface area contributed by atoms with Crippen molar-refractivity contribution in [2.24, 2.45) is 0 Å². The van der Waals surface area contributed by atoms with Crippen molar-refractivity contribution >= 4 is 23.4 Å². The highest BCUT2D eigenvalue weighted by Crippen LogP contribution is 2.31. The molecule has 1 atom stereocenters. The van der Waals surface area contributed by atoms with Gasteiger partial charge in [-0.15, -0.1) is 0 Å². The van der Waals surface area contributed by atoms with Crippen molar-refractivity contribution in [2.45, 2.75) is 25.1 Å². The average molecular weight is 347 g/mol. The van der Waals surface area contributed by atoms with E-state index in [1.165, 1.54) is 6.07 Å². The van der Waals surface area contributed by atoms with Crippen LogP contribution in [0.25, 0.3) is 0 Å². The minimum Gasteiger partial charge on any atom is -0.374 e. The van der Waals surface area contributed by atoms with Crippen molar-refractivity contribution in [3.63, 3.8) is 0 Å². The van der Waals surface area contributed by atoms with Crippen LogP contribution in [0.1, 0.15) is 18.4 Å². The second-order valence-electron chi connectivity index (χ2n) is 5.31. The second kappa shape index (κ2) is 7.92. The number of amides is 1. The predicted octanol–water partition coefficient (Wildman–Crippen LogP) is 2.98. The summed E-state index contributed by atoms with van der Waals surface area (Å²) < 4.78 is 38.4. The number of benzene rings is 1. The molecular weight excluding hydrogens is 327 g/mol. The maximum Gasteiger partial charge on any atom is 0.416 e. The fourth-order valence-corrected chi connectivity index (χ4v) is 2.86. The first-order valence-electron chi connectivity index (χ1n) is 7.39. The van der Waals surface area contributed by atoms with Gasteiger partial charge in [-0.1, -0.05) is 6.07 Å². The molecule has 1 heterocycles. The number of thioether (sulfide) groups is 1. The summed E-state index contributed by atoms with van der Waals surface area (Å²) in [5.41, 5.74) is 2.57. The molecule has 0 spiro atoms. The van der Waals surface area contributed by atoms with Crippen LogP contribution < -0.4 is 10.7 Å². The van der Waals surface area contributed by atoms with Gasteiger partial charge in [-0.3, -0.25) is 9.80 Å². The Morgan fingerprint density at radius 2 is 2.26 bits per heavy atom. The number of carbonyl (C=O) groups excluding carboxylic acids is 1. The molecule has 2 rings (SSSR count). The van der Waals surface area contributed by atoms with Gasteiger partial charge in [-0.05, 0) is 43.0 Å². The molecule has 8 heteroatoms. The van der Waals surface area contributed by atoms with Crippen molar-refractivity contribution < 1.29 is 18.0 Å². The number of hydrogen-bond acceptors (Lipinski definition) is 4. The highest BCUT2D eigenvalue weighted by atomic mass is 32.2. The van der Waals surface area contributed by atoms with Crippen molar-refractivity contribution in [2.75, 3.05) is 30.4 Å². The van der Waals surface area contributed by atoms with Crippen LogP contribution in [0.4, 0.5) is 18.9 Å². The van der Waals surface area contributed by atoms with Crippen LogP contribution in [0.15, 0.2) is 24.3 Å². The van der Waals surface area contributed by atoms with Crippen LogP contribution in [-0.4, -0.2) is 42.1 Å². The van der Waals surface area contributed by atoms with E-state index < -0.39 is 17.8 Å². The number of nitrogens with one attached hydrogen (secondary N) is 2. The highest BCUT2D eigenvalue weighted by molar-refractivity contribution is 7.98. The van der Waals surface area contributed by atoms with E-state index in [-0.39, 0.29) is 5.91 Å². The van der Waals surface area contributed by atoms with Gasteiger partial charge in [0.25, 0.3) is 5.91 Å². The van der Waals surface area contributed by atoms with E-state index >= 15 is 0 Å². The van der Waals surface area contributed by atoms with E-state index in [4.69, 9.17) is 0 Å². The number of hydrogen-bond donors (Lipinski definition) is 2. The normalized spacial score (nSPS) is 16.4. The molecule has 1 aliphatic heterocycles. The average Bonchev–Trinajstić information content (AvgIpc) is 3.04. The smallest absolute Gasteiger partial charge is 0.374 e. The molecular formula is C15H20F3N3OS. The largest absolute Gasteiger partial charge is 0.416 e. The minimum absolute atomic E-state index is 0.131. The molecule has 2 N–H and O–H groups in total. The summed E-state index contributed by atoms with van der Waals surface area (Å²) in [6, 6.07) is 4.40. The van der Waals surface area contributed by atoms with Gasteiger partial charge >= 0.3 is 6.18 Å². The van der Waals surface area contributed by atoms with E-state index in [0.29, 0.717) is 18.7 Å². The molecule has 128 valence electrons. The Kier molecular flexibility index (Phi) is 6.17. The summed E-state index contributed by atoms with van der Waals surface area (Å²) in [6.07, 6.45) is -1.04. The van der Waals surface area contributed by atoms with Crippen LogP contribution in [0.3, 0.4) is 0 Å². The molecule has 1 aromatic rings. The molecule has 0 aliphatic carbocycles. The van der Waals surface area contributed by atoms with Gasteiger partial charge < -0.3 is 5.32 Å². The number of rotatable bonds is 6. The van der Waals surface area contributed by atoms with E-state index in [9.17, 15) is 18.0 Å². The molecule has 0 saturated carbocycles. The first-order chi connectivity index (χ1) is 10.9. The molecule has 1 amide bonds. The topological polar surface area (TPSA) is 44.4 Å². The van der Waals surface area contributed by atoms with E-state index in [2.05, 4.69) is 10.7 Å². The fourth-order valence-electron chi connectivity index (χ4n) is 2.39. The third kappa shape index (κ3) is 5.04. The molecule has 1 aromatic carbocycles. The maximum atomic E-state index is 12.8. The van der Waals surface area contributed by atoms with E-state index in [1.54, 1.807) is 22.8 Å². The zero-order valence-corrected chi connectivity index (χ0v) is 13.6. The summed E-state index contributed by atoms with van der Waals surface area (Å²) in [4.78, 5) is 12.5. The fraction of sp³-hybridized carbons (Fsp3) is 0.533. The van der Waals surface area contributed by atoms with Crippen molar-refractivity contribution in [1.29, 1.82) is 0 Å². The number of alkyl halides is 3. The van der Waals surface area contributed by atoms with Crippen LogP contribution in [0, 0.1) is 0 Å². The quantitative estimate of drug-likeness (QED) is 0.830. The summed E-state index contributed by atoms with van der Waals surface area (Å²) >= 11 is 1.60. The predicted molar refractivity (Wildman–Crippen MR) is 86.2 cm³/mol. The lowest BCUT2D eigenvalue weighted by Crippen LogP contribution is -2.46. The van der Waals surface area contributed by atoms with Gasteiger partial charge in [0.15, 0.2) is 0 Å². The number of nitrogens with zero attached hydrogens (tertiary/aromatic N) is 1. The van der Waals surface area contributed by atoms with Gasteiger partial charge in [0, 0.05) is 18.8 Å². The number of anilines is 1. The molecule has 1 fully saturated rings. The second-order valence-corrected chi connectivity index (χ2v) is 6.29. The van der Waals surface area contributed by atoms with Gasteiger partial charge in [-0.25, -0.2) is 5.43 Å². The lowest BCUT2D eigenvalue weighted by Gasteiger charge is -2.25. The van der Waals surface area contributed by atoms with Gasteiger partial charge in [0.05, 0.1) is 5.56 Å². The molecule has 4 nitrogen and oxygen atoms in total. The Balaban J connectivity index is 2.12. The lowest BCUT2D eigenvalue weighted by molar-refractivity contribution is -0.137. The molecule has 0 radical (unpaired) electrons. The number of carbonyl (C=O) groups is 1. The third-order valence-electron chi connectivity index (χ3n) is 3.57. The first-order valence-corrected chi connectivity index (χ1v) is 8.79. The molecule has 0 bridgehead atoms. The third-order valence-corrected chi connectivity index (χ3v) is 4.21. The zero-order valence-electron chi connectivity index (χ0n) is 12.8. The van der Waals surface area contributed by atoms with Crippen LogP contribution in [0.5, 0.6) is 0 Å². The summed E-state index contributed by atoms with van der Waals surface area (Å²) in [5.74, 6) is 0.616. The Bertz CT molecular complexity index is 533. The van der Waals surface area contributed by atoms with Crippen LogP contribution in [0.2, 0.25) is 0 Å². The SMILES string of the molecule is CSCCC(Nc1cccc(C(F)(F)F)c1)C(=O)N1CCCN1. The Morgan fingerprint density at radius 1 is 1.48 bits per heavy atom. The van der Waals surface area contributed by atoms with Crippen LogP contribution >= 0.6 is 11.8 Å². The molecule has 1 unspecified atom stereocenters. The van der Waals surface area contributed by atoms with Crippen LogP contribution in [-0.2, 0) is 11.0 Å². The number of hydrazine groups is 1. The van der Waals surface area contributed by atoms with Crippen molar-refractivity contribution in [3.05, 3.63) is 29.8 Å². The Morgan fingerprint density at radius 3 is 2.87 bits per heavy atom. The molecule has 0 aromatic heterocycles. The first kappa shape index (κ1) is 17.9. The molecule has 23 heavy (non-hydrogen) atoms. The van der Waals surface area contributed by atoms with Crippen molar-refractivity contribution in [1.82, 2.24) is 10.4 Å². The van der Waals surface area contributed by atoms with Crippen molar-refractivity contribution in [3.8, 4) is 0 Å². The summed E-state index contributed by atoms with van der Waals surface area (Å²) in [7, 11) is 0. The van der Waals surface area contributed by atoms with Gasteiger partial charge in [0.2, 0.25) is 0 Å². The summed E-state index contributed by atoms with van der Waals surface area (Å²) in [5, 5.41) is 4.51. The van der Waals surface area contributed by atoms with E-state index in [0.717, 1.165) is 30.9 Å². The molecule has 1 aliphatic rings. The summed E-state index contributed by atoms with van der Waals surface area (Å²) in [6.45, 7) is 1.36. The highest BCUT2D eigenvalue weighted by Gasteiger charge is 2.31. The molecule has 1 saturated heterocycles. The minimum atomic E-state index is -4.40.